The van der Waals surface area contributed by atoms with Gasteiger partial charge in [0, 0.05) is 13.1 Å². The van der Waals surface area contributed by atoms with Gasteiger partial charge in [0.1, 0.15) is 23.9 Å². The van der Waals surface area contributed by atoms with Crippen molar-refractivity contribution in [3.8, 4) is 5.88 Å². The molecule has 35 heavy (non-hydrogen) atoms. The van der Waals surface area contributed by atoms with Crippen LogP contribution in [0.15, 0.2) is 6.33 Å². The Kier molecular flexibility index (Phi) is 8.01. The molecule has 0 bridgehead atoms. The summed E-state index contributed by atoms with van der Waals surface area (Å²) >= 11 is 0. The number of aliphatic carboxylic acids is 1. The number of rotatable bonds is 11. The monoisotopic (exact) mass is 517 g/mol. The molecule has 15 nitrogen and oxygen atoms in total. The maximum Gasteiger partial charge on any atom is 0.344 e. The summed E-state index contributed by atoms with van der Waals surface area (Å²) in [4.78, 5) is 23.7. The summed E-state index contributed by atoms with van der Waals surface area (Å²) in [6.45, 7) is 6.42. The van der Waals surface area contributed by atoms with Crippen molar-refractivity contribution in [2.24, 2.45) is 0 Å². The highest BCUT2D eigenvalue weighted by Crippen LogP contribution is 2.48. The molecular formula is C19H32N7O8P. The molecule has 3 unspecified atom stereocenters. The number of aliphatic hydroxyl groups is 2. The summed E-state index contributed by atoms with van der Waals surface area (Å²) in [5, 5.41) is 33.7. The van der Waals surface area contributed by atoms with Crippen molar-refractivity contribution in [1.82, 2.24) is 29.3 Å². The lowest BCUT2D eigenvalue weighted by Gasteiger charge is -2.32. The maximum atomic E-state index is 13.6. The maximum absolute atomic E-state index is 13.6. The highest BCUT2D eigenvalue weighted by Gasteiger charge is 2.54. The predicted octanol–water partition coefficient (Wildman–Crippen LogP) is -0.0444. The number of anilines is 1. The molecule has 6 atom stereocenters. The molecule has 0 saturated carbocycles. The first-order valence-corrected chi connectivity index (χ1v) is 12.6. The number of hydrogen-bond donors (Lipinski definition) is 5. The molecule has 0 aromatic carbocycles. The van der Waals surface area contributed by atoms with Gasteiger partial charge in [-0.15, -0.1) is 0 Å². The van der Waals surface area contributed by atoms with Crippen LogP contribution in [0.1, 0.15) is 33.9 Å². The molecule has 3 rings (SSSR count). The zero-order valence-electron chi connectivity index (χ0n) is 20.2. The number of ether oxygens (including phenoxy) is 2. The second-order valence-corrected chi connectivity index (χ2v) is 10.4. The Bertz CT molecular complexity index is 1110. The normalized spacial score (nSPS) is 27.3. The Morgan fingerprint density at radius 3 is 2.66 bits per heavy atom. The quantitative estimate of drug-likeness (QED) is 0.248. The third-order valence-electron chi connectivity index (χ3n) is 5.85. The SMILES string of the molecule is CCN(CC)P(=O)(NC(C)C(=O)O)OC[C@H]1OC(n2cnc3c(OC)nc(N)nc32)[C@](C)(O)[C@@H]1O. The number of carbonyl (C=O) groups is 1. The van der Waals surface area contributed by atoms with Crippen LogP contribution in [0.4, 0.5) is 5.95 Å². The van der Waals surface area contributed by atoms with Gasteiger partial charge in [-0.1, -0.05) is 13.8 Å². The minimum Gasteiger partial charge on any atom is -0.480 e. The third-order valence-corrected chi connectivity index (χ3v) is 8.37. The van der Waals surface area contributed by atoms with E-state index in [2.05, 4.69) is 20.0 Å². The lowest BCUT2D eigenvalue weighted by atomic mass is 9.96. The van der Waals surface area contributed by atoms with Crippen molar-refractivity contribution in [2.75, 3.05) is 32.5 Å². The number of nitrogen functional groups attached to an aromatic ring is 1. The number of nitrogens with zero attached hydrogens (tertiary/aromatic N) is 5. The van der Waals surface area contributed by atoms with Crippen LogP contribution in [-0.4, -0.2) is 96.1 Å². The van der Waals surface area contributed by atoms with Gasteiger partial charge in [-0.05, 0) is 13.8 Å². The summed E-state index contributed by atoms with van der Waals surface area (Å²) in [6.07, 6.45) is -2.42. The van der Waals surface area contributed by atoms with E-state index in [1.54, 1.807) is 13.8 Å². The van der Waals surface area contributed by atoms with Gasteiger partial charge in [-0.2, -0.15) is 9.97 Å². The smallest absolute Gasteiger partial charge is 0.344 e. The standard InChI is InChI=1S/C19H32N7O8P/c1-6-25(7-2)35(31,24-10(3)16(28)29)33-8-11-13(27)19(4,30)17(34-11)26-9-21-12-14(26)22-18(20)23-15(12)32-5/h9-11,13,17,27,30H,6-8H2,1-5H3,(H,24,31)(H,28,29)(H2,20,22,23)/t10?,11-,13-,17?,19-,35?/m1/s1. The van der Waals surface area contributed by atoms with Crippen LogP contribution in [0.2, 0.25) is 0 Å². The molecule has 0 radical (unpaired) electrons. The van der Waals surface area contributed by atoms with Crippen LogP contribution in [0.3, 0.4) is 0 Å². The fourth-order valence-electron chi connectivity index (χ4n) is 3.87. The molecule has 196 valence electrons. The van der Waals surface area contributed by atoms with Crippen molar-refractivity contribution < 1.29 is 38.7 Å². The zero-order valence-corrected chi connectivity index (χ0v) is 21.0. The van der Waals surface area contributed by atoms with Gasteiger partial charge in [-0.25, -0.2) is 14.7 Å². The molecule has 0 spiro atoms. The van der Waals surface area contributed by atoms with Gasteiger partial charge >= 0.3 is 13.6 Å². The van der Waals surface area contributed by atoms with E-state index in [-0.39, 0.29) is 23.0 Å². The van der Waals surface area contributed by atoms with Gasteiger partial charge in [0.05, 0.1) is 20.0 Å². The van der Waals surface area contributed by atoms with E-state index in [0.29, 0.717) is 13.1 Å². The molecule has 6 N–H and O–H groups in total. The van der Waals surface area contributed by atoms with Gasteiger partial charge in [0.25, 0.3) is 0 Å². The average molecular weight is 517 g/mol. The third kappa shape index (κ3) is 5.11. The topological polar surface area (TPSA) is 207 Å². The average Bonchev–Trinajstić information content (AvgIpc) is 3.30. The lowest BCUT2D eigenvalue weighted by molar-refractivity contribution is -0.138. The van der Waals surface area contributed by atoms with E-state index in [9.17, 15) is 24.7 Å². The molecule has 1 fully saturated rings. The molecule has 1 aliphatic heterocycles. The van der Waals surface area contributed by atoms with Gasteiger partial charge in [-0.3, -0.25) is 13.9 Å². The molecule has 16 heteroatoms. The Morgan fingerprint density at radius 2 is 2.09 bits per heavy atom. The van der Waals surface area contributed by atoms with Crippen molar-refractivity contribution >= 4 is 30.8 Å². The molecule has 0 amide bonds. The summed E-state index contributed by atoms with van der Waals surface area (Å²) in [5.41, 5.74) is 4.40. The van der Waals surface area contributed by atoms with Crippen LogP contribution in [0.5, 0.6) is 5.88 Å². The molecular weight excluding hydrogens is 485 g/mol. The number of carboxylic acids is 1. The van der Waals surface area contributed by atoms with Gasteiger partial charge < -0.3 is 35.1 Å². The molecule has 1 aliphatic rings. The van der Waals surface area contributed by atoms with E-state index in [0.717, 1.165) is 0 Å². The Hall–Kier alpha value is -2.39. The largest absolute Gasteiger partial charge is 0.480 e. The Balaban J connectivity index is 1.88. The molecule has 0 aliphatic carbocycles. The van der Waals surface area contributed by atoms with E-state index in [1.807, 2.05) is 0 Å². The predicted molar refractivity (Wildman–Crippen MR) is 124 cm³/mol. The highest BCUT2D eigenvalue weighted by molar-refractivity contribution is 7.54. The Labute approximate surface area is 201 Å². The first kappa shape index (κ1) is 27.2. The molecule has 1 saturated heterocycles. The second-order valence-electron chi connectivity index (χ2n) is 8.26. The second kappa shape index (κ2) is 10.3. The molecule has 3 heterocycles. The number of nitrogens with one attached hydrogen (secondary N) is 1. The van der Waals surface area contributed by atoms with Crippen LogP contribution in [0.25, 0.3) is 11.2 Å². The lowest BCUT2D eigenvalue weighted by Crippen LogP contribution is -2.45. The fourth-order valence-corrected chi connectivity index (χ4v) is 5.96. The Morgan fingerprint density at radius 1 is 1.43 bits per heavy atom. The first-order valence-electron chi connectivity index (χ1n) is 11.0. The van der Waals surface area contributed by atoms with E-state index < -0.39 is 50.3 Å². The summed E-state index contributed by atoms with van der Waals surface area (Å²) < 4.78 is 33.2. The van der Waals surface area contributed by atoms with E-state index in [4.69, 9.17) is 19.7 Å². The number of aromatic nitrogens is 4. The zero-order chi connectivity index (χ0) is 26.1. The first-order chi connectivity index (χ1) is 16.4. The van der Waals surface area contributed by atoms with Crippen LogP contribution < -0.4 is 15.6 Å². The van der Waals surface area contributed by atoms with Gasteiger partial charge in [0.2, 0.25) is 11.8 Å². The number of carboxylic acid groups (broad SMARTS) is 1. The van der Waals surface area contributed by atoms with E-state index >= 15 is 0 Å². The number of nitrogens with two attached hydrogens (primary N) is 1. The number of methoxy groups -OCH3 is 1. The van der Waals surface area contributed by atoms with E-state index in [1.165, 1.54) is 36.5 Å². The van der Waals surface area contributed by atoms with Gasteiger partial charge in [0.15, 0.2) is 17.4 Å². The van der Waals surface area contributed by atoms with Crippen LogP contribution >= 0.6 is 7.67 Å². The summed E-state index contributed by atoms with van der Waals surface area (Å²) in [7, 11) is -2.44. The van der Waals surface area contributed by atoms with Crippen LogP contribution in [-0.2, 0) is 18.6 Å². The van der Waals surface area contributed by atoms with Crippen molar-refractivity contribution in [3.05, 3.63) is 6.33 Å². The van der Waals surface area contributed by atoms with Crippen molar-refractivity contribution in [3.63, 3.8) is 0 Å². The van der Waals surface area contributed by atoms with Crippen molar-refractivity contribution in [2.45, 2.75) is 57.8 Å². The fraction of sp³-hybridized carbons (Fsp3) is 0.684. The number of fused-ring (bicyclic) bond motifs is 1. The highest BCUT2D eigenvalue weighted by atomic mass is 31.2. The molecule has 2 aromatic heterocycles. The number of aliphatic hydroxyl groups excluding tert-OH is 1. The summed E-state index contributed by atoms with van der Waals surface area (Å²) in [6, 6.07) is -1.16. The minimum atomic E-state index is -3.84. The molecule has 2 aromatic rings. The van der Waals surface area contributed by atoms with Crippen molar-refractivity contribution in [1.29, 1.82) is 0 Å². The number of hydrogen-bond acceptors (Lipinski definition) is 11. The minimum absolute atomic E-state index is 0.0899. The number of imidazole rings is 1. The van der Waals surface area contributed by atoms with Crippen LogP contribution in [0, 0.1) is 0 Å². The summed E-state index contributed by atoms with van der Waals surface area (Å²) in [5.74, 6) is -1.17.